The topological polar surface area (TPSA) is 23.8 Å². The number of nitrogens with zero attached hydrogens (tertiary/aromatic N) is 1. The van der Waals surface area contributed by atoms with E-state index >= 15 is 0 Å². The van der Waals surface area contributed by atoms with Crippen LogP contribution < -0.4 is 0 Å². The van der Waals surface area contributed by atoms with Gasteiger partial charge in [0.1, 0.15) is 0 Å². The third-order valence-electron chi connectivity index (χ3n) is 4.86. The summed E-state index contributed by atoms with van der Waals surface area (Å²) in [6, 6.07) is 19.5. The molecule has 3 aromatic carbocycles. The zero-order valence-electron chi connectivity index (χ0n) is 15.6. The molecule has 0 aromatic heterocycles. The summed E-state index contributed by atoms with van der Waals surface area (Å²) in [7, 11) is 0. The molecule has 0 aliphatic heterocycles. The lowest BCUT2D eigenvalue weighted by Crippen LogP contribution is -1.93. The summed E-state index contributed by atoms with van der Waals surface area (Å²) in [5.41, 5.74) is 11.9. The predicted octanol–water partition coefficient (Wildman–Crippen LogP) is 6.43. The number of benzene rings is 3. The van der Waals surface area contributed by atoms with Crippen molar-refractivity contribution in [2.75, 3.05) is 0 Å². The third-order valence-corrected chi connectivity index (χ3v) is 4.86. The molecule has 0 aliphatic carbocycles. The smallest absolute Gasteiger partial charge is 0.0994 e. The molecule has 3 aromatic rings. The van der Waals surface area contributed by atoms with Crippen molar-refractivity contribution < 1.29 is 0 Å². The lowest BCUT2D eigenvalue weighted by molar-refractivity contribution is 1.34. The largest absolute Gasteiger partial charge is 0.192 e. The summed E-state index contributed by atoms with van der Waals surface area (Å²) in [6.45, 7) is 10.6. The van der Waals surface area contributed by atoms with Gasteiger partial charge < -0.3 is 0 Å². The minimum absolute atomic E-state index is 0.742. The minimum Gasteiger partial charge on any atom is -0.192 e. The van der Waals surface area contributed by atoms with E-state index in [2.05, 4.69) is 76.2 Å². The van der Waals surface area contributed by atoms with Crippen LogP contribution in [0.25, 0.3) is 22.3 Å². The van der Waals surface area contributed by atoms with Gasteiger partial charge in [-0.2, -0.15) is 5.26 Å². The van der Waals surface area contributed by atoms with Gasteiger partial charge in [-0.25, -0.2) is 0 Å². The van der Waals surface area contributed by atoms with E-state index in [1.54, 1.807) is 0 Å². The molecule has 0 N–H and O–H groups in total. The molecule has 25 heavy (non-hydrogen) atoms. The first-order valence-electron chi connectivity index (χ1n) is 8.60. The summed E-state index contributed by atoms with van der Waals surface area (Å²) in [5, 5.41) is 9.15. The van der Waals surface area contributed by atoms with Gasteiger partial charge in [0.2, 0.25) is 0 Å². The van der Waals surface area contributed by atoms with Crippen molar-refractivity contribution in [3.05, 3.63) is 81.9 Å². The highest BCUT2D eigenvalue weighted by molar-refractivity contribution is 5.78. The van der Waals surface area contributed by atoms with E-state index in [1.807, 2.05) is 13.0 Å². The summed E-state index contributed by atoms with van der Waals surface area (Å²) >= 11 is 0. The Balaban J connectivity index is 2.13. The molecule has 1 heteroatoms. The normalized spacial score (nSPS) is 10.6. The molecule has 3 rings (SSSR count). The Morgan fingerprint density at radius 1 is 0.640 bits per heavy atom. The first-order valence-corrected chi connectivity index (χ1v) is 8.60. The molecule has 0 saturated heterocycles. The van der Waals surface area contributed by atoms with Gasteiger partial charge in [0, 0.05) is 0 Å². The Labute approximate surface area is 150 Å². The van der Waals surface area contributed by atoms with Gasteiger partial charge in [-0.15, -0.1) is 0 Å². The lowest BCUT2D eigenvalue weighted by atomic mass is 9.89. The quantitative estimate of drug-likeness (QED) is 0.532. The van der Waals surface area contributed by atoms with Gasteiger partial charge in [0.25, 0.3) is 0 Å². The summed E-state index contributed by atoms with van der Waals surface area (Å²) in [5.74, 6) is 0. The van der Waals surface area contributed by atoms with E-state index in [0.29, 0.717) is 0 Å². The lowest BCUT2D eigenvalue weighted by Gasteiger charge is -2.15. The molecule has 124 valence electrons. The van der Waals surface area contributed by atoms with Crippen LogP contribution in [0, 0.1) is 45.9 Å². The van der Waals surface area contributed by atoms with Gasteiger partial charge in [-0.3, -0.25) is 0 Å². The van der Waals surface area contributed by atoms with Gasteiger partial charge in [-0.05, 0) is 85.2 Å². The predicted molar refractivity (Wildman–Crippen MR) is 106 cm³/mol. The Morgan fingerprint density at radius 2 is 1.28 bits per heavy atom. The van der Waals surface area contributed by atoms with Crippen LogP contribution in [0.3, 0.4) is 0 Å². The van der Waals surface area contributed by atoms with Gasteiger partial charge in [0.05, 0.1) is 11.6 Å². The van der Waals surface area contributed by atoms with Gasteiger partial charge in [-0.1, -0.05) is 48.0 Å². The SMILES string of the molecule is Cc1ccc(-c2cc(C)c(-c3ccc(C#N)c(C)c3)c(C)c2)c(C)c1. The van der Waals surface area contributed by atoms with E-state index in [4.69, 9.17) is 5.26 Å². The molecule has 0 amide bonds. The summed E-state index contributed by atoms with van der Waals surface area (Å²) in [6.07, 6.45) is 0. The second kappa shape index (κ2) is 6.57. The standard InChI is InChI=1S/C24H23N/c1-15-6-9-23(17(3)10-15)22-12-18(4)24(19(5)13-22)20-7-8-21(14-25)16(2)11-20/h6-13H,1-5H3. The molecule has 0 aliphatic rings. The Kier molecular flexibility index (Phi) is 4.47. The van der Waals surface area contributed by atoms with E-state index < -0.39 is 0 Å². The molecular formula is C24H23N. The summed E-state index contributed by atoms with van der Waals surface area (Å²) < 4.78 is 0. The van der Waals surface area contributed by atoms with Crippen LogP contribution in [-0.2, 0) is 0 Å². The fraction of sp³-hybridized carbons (Fsp3) is 0.208. The van der Waals surface area contributed by atoms with Crippen molar-refractivity contribution in [2.45, 2.75) is 34.6 Å². The maximum absolute atomic E-state index is 9.15. The van der Waals surface area contributed by atoms with Crippen LogP contribution in [0.1, 0.15) is 33.4 Å². The van der Waals surface area contributed by atoms with Crippen LogP contribution in [0.15, 0.2) is 48.5 Å². The highest BCUT2D eigenvalue weighted by atomic mass is 14.2. The number of hydrogen-bond donors (Lipinski definition) is 0. The molecule has 0 atom stereocenters. The molecule has 0 saturated carbocycles. The van der Waals surface area contributed by atoms with Gasteiger partial charge >= 0.3 is 0 Å². The maximum atomic E-state index is 9.15. The average Bonchev–Trinajstić information content (AvgIpc) is 2.54. The number of nitriles is 1. The minimum atomic E-state index is 0.742. The molecule has 1 nitrogen and oxygen atoms in total. The number of rotatable bonds is 2. The number of hydrogen-bond acceptors (Lipinski definition) is 1. The Bertz CT molecular complexity index is 980. The highest BCUT2D eigenvalue weighted by Gasteiger charge is 2.11. The van der Waals surface area contributed by atoms with E-state index in [9.17, 15) is 0 Å². The summed E-state index contributed by atoms with van der Waals surface area (Å²) in [4.78, 5) is 0. The van der Waals surface area contributed by atoms with E-state index in [-0.39, 0.29) is 0 Å². The Hall–Kier alpha value is -2.85. The van der Waals surface area contributed by atoms with E-state index in [0.717, 1.165) is 11.1 Å². The Morgan fingerprint density at radius 3 is 1.84 bits per heavy atom. The highest BCUT2D eigenvalue weighted by Crippen LogP contribution is 2.34. The molecule has 0 fully saturated rings. The first-order chi connectivity index (χ1) is 11.9. The van der Waals surface area contributed by atoms with Crippen LogP contribution in [0.2, 0.25) is 0 Å². The number of aryl methyl sites for hydroxylation is 5. The van der Waals surface area contributed by atoms with Crippen molar-refractivity contribution in [2.24, 2.45) is 0 Å². The zero-order chi connectivity index (χ0) is 18.1. The second-order valence-electron chi connectivity index (χ2n) is 6.94. The molecule has 0 radical (unpaired) electrons. The fourth-order valence-electron chi connectivity index (χ4n) is 3.66. The molecular weight excluding hydrogens is 302 g/mol. The van der Waals surface area contributed by atoms with Crippen molar-refractivity contribution in [3.8, 4) is 28.3 Å². The zero-order valence-corrected chi connectivity index (χ0v) is 15.6. The molecule has 0 bridgehead atoms. The van der Waals surface area contributed by atoms with Crippen LogP contribution in [0.5, 0.6) is 0 Å². The molecule has 0 heterocycles. The molecule has 0 unspecified atom stereocenters. The average molecular weight is 325 g/mol. The van der Waals surface area contributed by atoms with Crippen LogP contribution in [-0.4, -0.2) is 0 Å². The van der Waals surface area contributed by atoms with Crippen molar-refractivity contribution in [1.82, 2.24) is 0 Å². The monoisotopic (exact) mass is 325 g/mol. The maximum Gasteiger partial charge on any atom is 0.0994 e. The fourth-order valence-corrected chi connectivity index (χ4v) is 3.66. The van der Waals surface area contributed by atoms with Crippen molar-refractivity contribution in [1.29, 1.82) is 5.26 Å². The molecule has 0 spiro atoms. The van der Waals surface area contributed by atoms with Crippen molar-refractivity contribution in [3.63, 3.8) is 0 Å². The van der Waals surface area contributed by atoms with Gasteiger partial charge in [0.15, 0.2) is 0 Å². The second-order valence-corrected chi connectivity index (χ2v) is 6.94. The van der Waals surface area contributed by atoms with Crippen LogP contribution >= 0.6 is 0 Å². The third kappa shape index (κ3) is 3.21. The van der Waals surface area contributed by atoms with E-state index in [1.165, 1.54) is 44.5 Å². The van der Waals surface area contributed by atoms with Crippen molar-refractivity contribution >= 4 is 0 Å². The first kappa shape index (κ1) is 17.0. The van der Waals surface area contributed by atoms with Crippen LogP contribution in [0.4, 0.5) is 0 Å².